The average Bonchev–Trinajstić information content (AvgIpc) is 2.66. The number of benzene rings is 2. The molecule has 0 amide bonds. The van der Waals surface area contributed by atoms with E-state index in [1.807, 2.05) is 78.9 Å². The summed E-state index contributed by atoms with van der Waals surface area (Å²) < 4.78 is 5.83. The Hall–Kier alpha value is -3.38. The van der Waals surface area contributed by atoms with Crippen LogP contribution in [0.15, 0.2) is 79.0 Å². The molecule has 0 aliphatic heterocycles. The van der Waals surface area contributed by atoms with Gasteiger partial charge >= 0.3 is 0 Å². The van der Waals surface area contributed by atoms with E-state index in [9.17, 15) is 5.26 Å². The van der Waals surface area contributed by atoms with Crippen LogP contribution in [0.2, 0.25) is 0 Å². The molecule has 2 aromatic carbocycles. The number of nitrogens with zero attached hydrogens (tertiary/aromatic N) is 2. The number of allylic oxidation sites excluding steroid dienone is 1. The number of hydrogen-bond acceptors (Lipinski definition) is 3. The van der Waals surface area contributed by atoms with Crippen LogP contribution in [-0.4, -0.2) is 4.98 Å². The van der Waals surface area contributed by atoms with Crippen LogP contribution in [0.25, 0.3) is 11.6 Å². The Morgan fingerprint density at radius 1 is 1.00 bits per heavy atom. The lowest BCUT2D eigenvalue weighted by molar-refractivity contribution is 0.306. The lowest BCUT2D eigenvalue weighted by Crippen LogP contribution is -1.95. The van der Waals surface area contributed by atoms with Crippen molar-refractivity contribution in [1.82, 2.24) is 4.98 Å². The fraction of sp³-hybridized carbons (Fsp3) is 0.0476. The average molecular weight is 312 g/mol. The van der Waals surface area contributed by atoms with Crippen molar-refractivity contribution in [2.24, 2.45) is 0 Å². The fourth-order valence-corrected chi connectivity index (χ4v) is 2.29. The van der Waals surface area contributed by atoms with Gasteiger partial charge in [0, 0.05) is 6.20 Å². The molecule has 0 bridgehead atoms. The number of ether oxygens (including phenoxy) is 1. The predicted octanol–water partition coefficient (Wildman–Crippen LogP) is 4.72. The van der Waals surface area contributed by atoms with Crippen molar-refractivity contribution < 1.29 is 4.74 Å². The van der Waals surface area contributed by atoms with Gasteiger partial charge in [-0.25, -0.2) is 0 Å². The van der Waals surface area contributed by atoms with Crippen LogP contribution in [0.4, 0.5) is 0 Å². The van der Waals surface area contributed by atoms with Crippen molar-refractivity contribution in [2.75, 3.05) is 0 Å². The molecule has 1 aromatic heterocycles. The normalized spacial score (nSPS) is 10.9. The molecule has 3 rings (SSSR count). The van der Waals surface area contributed by atoms with E-state index in [0.29, 0.717) is 17.9 Å². The second-order valence-electron chi connectivity index (χ2n) is 5.23. The van der Waals surface area contributed by atoms with Crippen LogP contribution in [-0.2, 0) is 6.61 Å². The Kier molecular flexibility index (Phi) is 5.01. The Balaban J connectivity index is 1.77. The lowest BCUT2D eigenvalue weighted by atomic mass is 10.1. The van der Waals surface area contributed by atoms with E-state index < -0.39 is 0 Å². The summed E-state index contributed by atoms with van der Waals surface area (Å²) in [6.45, 7) is 0.513. The third-order valence-electron chi connectivity index (χ3n) is 3.48. The van der Waals surface area contributed by atoms with E-state index in [1.165, 1.54) is 0 Å². The summed E-state index contributed by atoms with van der Waals surface area (Å²) in [7, 11) is 0. The standard InChI is InChI=1S/C21H16N2O/c22-15-19(21-11-4-5-12-23-21)13-18-9-6-10-20(14-18)24-16-17-7-2-1-3-8-17/h1-14H,16H2/b19-13+. The molecular weight excluding hydrogens is 296 g/mol. The van der Waals surface area contributed by atoms with Gasteiger partial charge in [-0.1, -0.05) is 48.5 Å². The Morgan fingerprint density at radius 2 is 1.83 bits per heavy atom. The number of pyridine rings is 1. The largest absolute Gasteiger partial charge is 0.489 e. The number of rotatable bonds is 5. The predicted molar refractivity (Wildman–Crippen MR) is 94.9 cm³/mol. The van der Waals surface area contributed by atoms with Crippen molar-refractivity contribution in [1.29, 1.82) is 5.26 Å². The van der Waals surface area contributed by atoms with Gasteiger partial charge in [-0.15, -0.1) is 0 Å². The fourth-order valence-electron chi connectivity index (χ4n) is 2.29. The monoisotopic (exact) mass is 312 g/mol. The van der Waals surface area contributed by atoms with Gasteiger partial charge in [0.25, 0.3) is 0 Å². The smallest absolute Gasteiger partial charge is 0.120 e. The SMILES string of the molecule is N#C/C(=C\c1cccc(OCc2ccccc2)c1)c1ccccn1. The molecule has 24 heavy (non-hydrogen) atoms. The molecule has 0 saturated carbocycles. The molecule has 0 saturated heterocycles. The van der Waals surface area contributed by atoms with Crippen molar-refractivity contribution in [3.8, 4) is 11.8 Å². The van der Waals surface area contributed by atoms with Gasteiger partial charge < -0.3 is 4.74 Å². The van der Waals surface area contributed by atoms with Gasteiger partial charge in [-0.05, 0) is 41.5 Å². The first-order chi connectivity index (χ1) is 11.8. The molecule has 0 fully saturated rings. The van der Waals surface area contributed by atoms with Crippen LogP contribution in [0.1, 0.15) is 16.8 Å². The van der Waals surface area contributed by atoms with E-state index in [1.54, 1.807) is 6.20 Å². The van der Waals surface area contributed by atoms with Gasteiger partial charge in [0.05, 0.1) is 11.3 Å². The summed E-state index contributed by atoms with van der Waals surface area (Å²) in [5.74, 6) is 0.769. The molecule has 0 N–H and O–H groups in total. The minimum atomic E-state index is 0.513. The van der Waals surface area contributed by atoms with Crippen molar-refractivity contribution in [3.63, 3.8) is 0 Å². The van der Waals surface area contributed by atoms with Crippen molar-refractivity contribution in [2.45, 2.75) is 6.61 Å². The van der Waals surface area contributed by atoms with Crippen LogP contribution in [0.3, 0.4) is 0 Å². The first-order valence-electron chi connectivity index (χ1n) is 7.65. The van der Waals surface area contributed by atoms with E-state index >= 15 is 0 Å². The molecule has 3 heteroatoms. The van der Waals surface area contributed by atoms with E-state index in [0.717, 1.165) is 16.9 Å². The maximum absolute atomic E-state index is 9.37. The molecule has 1 heterocycles. The van der Waals surface area contributed by atoms with Gasteiger partial charge in [0.2, 0.25) is 0 Å². The summed E-state index contributed by atoms with van der Waals surface area (Å²) in [6.07, 6.45) is 3.50. The summed E-state index contributed by atoms with van der Waals surface area (Å²) in [6, 6.07) is 25.4. The molecule has 0 unspecified atom stereocenters. The molecule has 3 aromatic rings. The molecule has 3 nitrogen and oxygen atoms in total. The highest BCUT2D eigenvalue weighted by Gasteiger charge is 2.03. The minimum absolute atomic E-state index is 0.513. The second kappa shape index (κ2) is 7.75. The Bertz CT molecular complexity index is 865. The topological polar surface area (TPSA) is 45.9 Å². The number of hydrogen-bond donors (Lipinski definition) is 0. The van der Waals surface area contributed by atoms with Gasteiger partial charge in [-0.3, -0.25) is 4.98 Å². The van der Waals surface area contributed by atoms with E-state index in [-0.39, 0.29) is 0 Å². The molecule has 0 aliphatic carbocycles. The number of aromatic nitrogens is 1. The summed E-state index contributed by atoms with van der Waals surface area (Å²) in [4.78, 5) is 4.22. The number of nitriles is 1. The van der Waals surface area contributed by atoms with Crippen LogP contribution < -0.4 is 4.74 Å². The molecule has 0 radical (unpaired) electrons. The van der Waals surface area contributed by atoms with Gasteiger partial charge in [-0.2, -0.15) is 5.26 Å². The maximum atomic E-state index is 9.37. The van der Waals surface area contributed by atoms with Gasteiger partial charge in [0.1, 0.15) is 18.4 Å². The van der Waals surface area contributed by atoms with Crippen molar-refractivity contribution >= 4 is 11.6 Å². The molecule has 0 atom stereocenters. The quantitative estimate of drug-likeness (QED) is 0.640. The summed E-state index contributed by atoms with van der Waals surface area (Å²) in [5.41, 5.74) is 3.21. The van der Waals surface area contributed by atoms with Crippen LogP contribution >= 0.6 is 0 Å². The zero-order valence-corrected chi connectivity index (χ0v) is 13.1. The third kappa shape index (κ3) is 4.08. The first-order valence-corrected chi connectivity index (χ1v) is 7.65. The van der Waals surface area contributed by atoms with Gasteiger partial charge in [0.15, 0.2) is 0 Å². The zero-order valence-electron chi connectivity index (χ0n) is 13.1. The van der Waals surface area contributed by atoms with Crippen molar-refractivity contribution in [3.05, 3.63) is 95.8 Å². The third-order valence-corrected chi connectivity index (χ3v) is 3.48. The van der Waals surface area contributed by atoms with E-state index in [4.69, 9.17) is 4.74 Å². The highest BCUT2D eigenvalue weighted by molar-refractivity contribution is 5.88. The Morgan fingerprint density at radius 3 is 2.58 bits per heavy atom. The molecular formula is C21H16N2O. The second-order valence-corrected chi connectivity index (χ2v) is 5.23. The zero-order chi connectivity index (χ0) is 16.6. The minimum Gasteiger partial charge on any atom is -0.489 e. The summed E-state index contributed by atoms with van der Waals surface area (Å²) >= 11 is 0. The maximum Gasteiger partial charge on any atom is 0.120 e. The summed E-state index contributed by atoms with van der Waals surface area (Å²) in [5, 5.41) is 9.37. The molecule has 116 valence electrons. The highest BCUT2D eigenvalue weighted by Crippen LogP contribution is 2.20. The first kappa shape index (κ1) is 15.5. The molecule has 0 aliphatic rings. The van der Waals surface area contributed by atoms with Crippen LogP contribution in [0.5, 0.6) is 5.75 Å². The Labute approximate surface area is 141 Å². The van der Waals surface area contributed by atoms with E-state index in [2.05, 4.69) is 11.1 Å². The molecule has 0 spiro atoms. The lowest BCUT2D eigenvalue weighted by Gasteiger charge is -2.07. The highest BCUT2D eigenvalue weighted by atomic mass is 16.5. The van der Waals surface area contributed by atoms with Crippen LogP contribution in [0, 0.1) is 11.3 Å².